The molecule has 2 rings (SSSR count). The molecule has 0 aliphatic heterocycles. The van der Waals surface area contributed by atoms with Crippen LogP contribution in [0.15, 0.2) is 34.0 Å². The maximum atomic E-state index is 11.8. The standard InChI is InChI=1S/C11H8N4O5/c16-7-4-6(13-11(20)14-7)9(17)15-8-5(10(18)19)2-1-3-12-8/h1-4H,(H,18,19)(H,12,15,17)(H2,13,14,16,20). The highest BCUT2D eigenvalue weighted by Crippen LogP contribution is 2.11. The highest BCUT2D eigenvalue weighted by atomic mass is 16.4. The van der Waals surface area contributed by atoms with Gasteiger partial charge in [-0.3, -0.25) is 14.6 Å². The van der Waals surface area contributed by atoms with Gasteiger partial charge in [0, 0.05) is 12.3 Å². The summed E-state index contributed by atoms with van der Waals surface area (Å²) in [5.74, 6) is -2.31. The molecule has 2 aromatic rings. The molecule has 0 aliphatic carbocycles. The first-order valence-electron chi connectivity index (χ1n) is 5.30. The van der Waals surface area contributed by atoms with E-state index in [1.54, 1.807) is 0 Å². The molecule has 2 aromatic heterocycles. The Balaban J connectivity index is 2.35. The summed E-state index contributed by atoms with van der Waals surface area (Å²) in [5, 5.41) is 11.1. The molecule has 9 nitrogen and oxygen atoms in total. The Labute approximate surface area is 110 Å². The second-order valence-electron chi connectivity index (χ2n) is 3.66. The van der Waals surface area contributed by atoms with Crippen molar-refractivity contribution in [1.82, 2.24) is 15.0 Å². The number of carbonyl (C=O) groups excluding carboxylic acids is 1. The molecular formula is C11H8N4O5. The summed E-state index contributed by atoms with van der Waals surface area (Å²) >= 11 is 0. The van der Waals surface area contributed by atoms with E-state index in [4.69, 9.17) is 5.11 Å². The Bertz CT molecular complexity index is 763. The number of carboxylic acids is 1. The van der Waals surface area contributed by atoms with Gasteiger partial charge in [-0.15, -0.1) is 0 Å². The number of pyridine rings is 1. The number of anilines is 1. The first-order valence-corrected chi connectivity index (χ1v) is 5.30. The van der Waals surface area contributed by atoms with Gasteiger partial charge < -0.3 is 15.4 Å². The Morgan fingerprint density at radius 3 is 2.65 bits per heavy atom. The van der Waals surface area contributed by atoms with Crippen molar-refractivity contribution in [3.05, 3.63) is 56.5 Å². The van der Waals surface area contributed by atoms with Crippen LogP contribution in [0.5, 0.6) is 0 Å². The van der Waals surface area contributed by atoms with E-state index in [1.807, 2.05) is 4.98 Å². The van der Waals surface area contributed by atoms with Gasteiger partial charge in [0.15, 0.2) is 0 Å². The minimum atomic E-state index is -1.27. The van der Waals surface area contributed by atoms with E-state index in [0.717, 1.165) is 6.07 Å². The molecule has 0 bridgehead atoms. The molecule has 0 unspecified atom stereocenters. The van der Waals surface area contributed by atoms with E-state index < -0.39 is 23.1 Å². The van der Waals surface area contributed by atoms with Crippen molar-refractivity contribution in [3.63, 3.8) is 0 Å². The summed E-state index contributed by atoms with van der Waals surface area (Å²) in [7, 11) is 0. The summed E-state index contributed by atoms with van der Waals surface area (Å²) in [6.45, 7) is 0. The number of rotatable bonds is 3. The molecule has 0 atom stereocenters. The van der Waals surface area contributed by atoms with Crippen molar-refractivity contribution in [3.8, 4) is 0 Å². The maximum Gasteiger partial charge on any atom is 0.339 e. The normalized spacial score (nSPS) is 10.0. The van der Waals surface area contributed by atoms with Crippen molar-refractivity contribution in [2.75, 3.05) is 5.32 Å². The largest absolute Gasteiger partial charge is 0.478 e. The first kappa shape index (κ1) is 13.2. The van der Waals surface area contributed by atoms with Crippen LogP contribution in [0.1, 0.15) is 20.8 Å². The molecule has 0 aliphatic rings. The third-order valence-electron chi connectivity index (χ3n) is 2.28. The maximum absolute atomic E-state index is 11.8. The number of carbonyl (C=O) groups is 2. The number of aromatic amines is 2. The highest BCUT2D eigenvalue weighted by Gasteiger charge is 2.15. The molecule has 0 aromatic carbocycles. The number of carboxylic acid groups (broad SMARTS) is 1. The summed E-state index contributed by atoms with van der Waals surface area (Å²) < 4.78 is 0. The number of aromatic carboxylic acids is 1. The fourth-order valence-corrected chi connectivity index (χ4v) is 1.44. The van der Waals surface area contributed by atoms with E-state index >= 15 is 0 Å². The van der Waals surface area contributed by atoms with Crippen molar-refractivity contribution < 1.29 is 14.7 Å². The van der Waals surface area contributed by atoms with Gasteiger partial charge in [0.05, 0.1) is 0 Å². The third-order valence-corrected chi connectivity index (χ3v) is 2.28. The second kappa shape index (κ2) is 5.18. The van der Waals surface area contributed by atoms with Crippen LogP contribution in [0.2, 0.25) is 0 Å². The van der Waals surface area contributed by atoms with Crippen LogP contribution in [-0.4, -0.2) is 31.9 Å². The molecule has 4 N–H and O–H groups in total. The van der Waals surface area contributed by atoms with Crippen LogP contribution in [0.4, 0.5) is 5.82 Å². The molecule has 2 heterocycles. The van der Waals surface area contributed by atoms with Gasteiger partial charge in [-0.25, -0.2) is 14.6 Å². The first-order chi connectivity index (χ1) is 9.47. The van der Waals surface area contributed by atoms with Crippen LogP contribution in [0.3, 0.4) is 0 Å². The zero-order chi connectivity index (χ0) is 14.7. The van der Waals surface area contributed by atoms with Gasteiger partial charge in [-0.05, 0) is 12.1 Å². The minimum Gasteiger partial charge on any atom is -0.478 e. The van der Waals surface area contributed by atoms with E-state index in [9.17, 15) is 19.2 Å². The smallest absolute Gasteiger partial charge is 0.339 e. The third kappa shape index (κ3) is 2.77. The second-order valence-corrected chi connectivity index (χ2v) is 3.66. The number of amides is 1. The zero-order valence-electron chi connectivity index (χ0n) is 9.84. The summed E-state index contributed by atoms with van der Waals surface area (Å²) in [6.07, 6.45) is 1.29. The van der Waals surface area contributed by atoms with Gasteiger partial charge >= 0.3 is 11.7 Å². The Morgan fingerprint density at radius 2 is 2.00 bits per heavy atom. The van der Waals surface area contributed by atoms with Crippen molar-refractivity contribution >= 4 is 17.7 Å². The zero-order valence-corrected chi connectivity index (χ0v) is 9.84. The summed E-state index contributed by atoms with van der Waals surface area (Å²) in [5.41, 5.74) is -2.12. The molecular weight excluding hydrogens is 268 g/mol. The molecule has 0 saturated heterocycles. The highest BCUT2D eigenvalue weighted by molar-refractivity contribution is 6.05. The Hall–Kier alpha value is -3.23. The number of hydrogen-bond donors (Lipinski definition) is 4. The van der Waals surface area contributed by atoms with E-state index in [0.29, 0.717) is 0 Å². The average molecular weight is 276 g/mol. The van der Waals surface area contributed by atoms with Crippen molar-refractivity contribution in [2.45, 2.75) is 0 Å². The summed E-state index contributed by atoms with van der Waals surface area (Å²) in [4.78, 5) is 52.6. The van der Waals surface area contributed by atoms with Gasteiger partial charge in [-0.1, -0.05) is 0 Å². The molecule has 0 saturated carbocycles. The van der Waals surface area contributed by atoms with Gasteiger partial charge in [0.2, 0.25) is 0 Å². The molecule has 0 spiro atoms. The fraction of sp³-hybridized carbons (Fsp3) is 0. The van der Waals surface area contributed by atoms with E-state index in [1.165, 1.54) is 18.3 Å². The SMILES string of the molecule is O=C(Nc1ncccc1C(=O)O)c1cc(=O)[nH]c(=O)[nH]1. The van der Waals surface area contributed by atoms with Gasteiger partial charge in [0.1, 0.15) is 17.1 Å². The van der Waals surface area contributed by atoms with Crippen molar-refractivity contribution in [2.24, 2.45) is 0 Å². The average Bonchev–Trinajstić information content (AvgIpc) is 2.37. The van der Waals surface area contributed by atoms with E-state index in [-0.39, 0.29) is 17.1 Å². The number of hydrogen-bond acceptors (Lipinski definition) is 5. The number of H-pyrrole nitrogens is 2. The number of nitrogens with zero attached hydrogens (tertiary/aromatic N) is 1. The van der Waals surface area contributed by atoms with Gasteiger partial charge in [0.25, 0.3) is 11.5 Å². The lowest BCUT2D eigenvalue weighted by atomic mass is 10.2. The van der Waals surface area contributed by atoms with Crippen LogP contribution in [-0.2, 0) is 0 Å². The predicted molar refractivity (Wildman–Crippen MR) is 66.8 cm³/mol. The fourth-order valence-electron chi connectivity index (χ4n) is 1.44. The Kier molecular flexibility index (Phi) is 3.42. The quantitative estimate of drug-likeness (QED) is 0.589. The van der Waals surface area contributed by atoms with Crippen LogP contribution in [0, 0.1) is 0 Å². The van der Waals surface area contributed by atoms with Crippen molar-refractivity contribution in [1.29, 1.82) is 0 Å². The lowest BCUT2D eigenvalue weighted by molar-refractivity contribution is 0.0697. The molecule has 0 fully saturated rings. The molecule has 0 radical (unpaired) electrons. The van der Waals surface area contributed by atoms with Gasteiger partial charge in [-0.2, -0.15) is 0 Å². The number of aromatic nitrogens is 3. The monoisotopic (exact) mass is 276 g/mol. The lowest BCUT2D eigenvalue weighted by Gasteiger charge is -2.06. The molecule has 1 amide bonds. The van der Waals surface area contributed by atoms with Crippen LogP contribution < -0.4 is 16.6 Å². The lowest BCUT2D eigenvalue weighted by Crippen LogP contribution is -2.27. The Morgan fingerprint density at radius 1 is 1.25 bits per heavy atom. The van der Waals surface area contributed by atoms with Crippen LogP contribution >= 0.6 is 0 Å². The molecule has 9 heteroatoms. The predicted octanol–water partition coefficient (Wildman–Crippen LogP) is -0.591. The molecule has 102 valence electrons. The number of nitrogens with one attached hydrogen (secondary N) is 3. The summed E-state index contributed by atoms with van der Waals surface area (Å²) in [6, 6.07) is 3.53. The van der Waals surface area contributed by atoms with Crippen LogP contribution in [0.25, 0.3) is 0 Å². The molecule has 20 heavy (non-hydrogen) atoms. The topological polar surface area (TPSA) is 145 Å². The van der Waals surface area contributed by atoms with E-state index in [2.05, 4.69) is 15.3 Å². The minimum absolute atomic E-state index is 0.189.